The molecular weight excluding hydrogens is 210 g/mol. The predicted molar refractivity (Wildman–Crippen MR) is 57.7 cm³/mol. The second-order valence-corrected chi connectivity index (χ2v) is 5.16. The highest BCUT2D eigenvalue weighted by molar-refractivity contribution is 5.69. The van der Waals surface area contributed by atoms with Gasteiger partial charge in [0.2, 0.25) is 0 Å². The highest BCUT2D eigenvalue weighted by Crippen LogP contribution is 2.25. The summed E-state index contributed by atoms with van der Waals surface area (Å²) < 4.78 is 10.1. The van der Waals surface area contributed by atoms with Gasteiger partial charge in [-0.2, -0.15) is 0 Å². The van der Waals surface area contributed by atoms with Crippen molar-refractivity contribution in [2.45, 2.75) is 45.9 Å². The molecule has 0 bridgehead atoms. The van der Waals surface area contributed by atoms with Crippen molar-refractivity contribution in [2.75, 3.05) is 6.54 Å². The van der Waals surface area contributed by atoms with Gasteiger partial charge in [-0.15, -0.1) is 0 Å². The highest BCUT2D eigenvalue weighted by Gasteiger charge is 2.36. The van der Waals surface area contributed by atoms with E-state index in [0.717, 1.165) is 0 Å². The molecule has 0 aromatic heterocycles. The number of ether oxygens (including phenoxy) is 2. The fourth-order valence-corrected chi connectivity index (χ4v) is 1.71. The van der Waals surface area contributed by atoms with Crippen LogP contribution in [0.5, 0.6) is 0 Å². The zero-order valence-electron chi connectivity index (χ0n) is 10.2. The lowest BCUT2D eigenvalue weighted by atomic mass is 10.1. The Bertz CT molecular complexity index is 272. The zero-order chi connectivity index (χ0) is 12.3. The minimum Gasteiger partial charge on any atom is -0.444 e. The molecule has 1 rings (SSSR count). The summed E-state index contributed by atoms with van der Waals surface area (Å²) in [5, 5.41) is 0. The summed E-state index contributed by atoms with van der Waals surface area (Å²) in [6.45, 7) is 8.36. The summed E-state index contributed by atoms with van der Waals surface area (Å²) in [7, 11) is 0. The number of carbonyl (C=O) groups excluding carboxylic acids is 2. The largest absolute Gasteiger partial charge is 0.444 e. The molecule has 1 heterocycles. The van der Waals surface area contributed by atoms with Gasteiger partial charge < -0.3 is 9.47 Å². The lowest BCUT2D eigenvalue weighted by molar-refractivity contribution is -0.139. The van der Waals surface area contributed by atoms with Gasteiger partial charge in [0.25, 0.3) is 6.47 Å². The van der Waals surface area contributed by atoms with Crippen molar-refractivity contribution in [1.82, 2.24) is 4.90 Å². The molecule has 2 atom stereocenters. The first kappa shape index (κ1) is 12.8. The van der Waals surface area contributed by atoms with Gasteiger partial charge in [-0.1, -0.05) is 6.92 Å². The SMILES string of the molecule is C[C@H]1C[C@@H](OC=O)N(C(=O)OC(C)(C)C)C1. The molecule has 1 fully saturated rings. The van der Waals surface area contributed by atoms with Crippen molar-refractivity contribution >= 4 is 12.6 Å². The molecule has 1 aliphatic rings. The summed E-state index contributed by atoms with van der Waals surface area (Å²) >= 11 is 0. The Balaban J connectivity index is 2.63. The van der Waals surface area contributed by atoms with E-state index in [1.165, 1.54) is 4.90 Å². The minimum absolute atomic E-state index is 0.317. The summed E-state index contributed by atoms with van der Waals surface area (Å²) in [6, 6.07) is 0. The average Bonchev–Trinajstić information content (AvgIpc) is 2.44. The molecule has 0 aromatic carbocycles. The Kier molecular flexibility index (Phi) is 3.78. The molecular formula is C11H19NO4. The van der Waals surface area contributed by atoms with Crippen LogP contribution in [-0.4, -0.2) is 35.8 Å². The lowest BCUT2D eigenvalue weighted by Gasteiger charge is -2.27. The second kappa shape index (κ2) is 4.72. The van der Waals surface area contributed by atoms with Crippen molar-refractivity contribution < 1.29 is 19.1 Å². The van der Waals surface area contributed by atoms with E-state index < -0.39 is 17.9 Å². The van der Waals surface area contributed by atoms with Crippen LogP contribution >= 0.6 is 0 Å². The van der Waals surface area contributed by atoms with Crippen molar-refractivity contribution in [3.63, 3.8) is 0 Å². The van der Waals surface area contributed by atoms with E-state index in [4.69, 9.17) is 9.47 Å². The maximum absolute atomic E-state index is 11.8. The van der Waals surface area contributed by atoms with Gasteiger partial charge in [0.1, 0.15) is 5.60 Å². The zero-order valence-corrected chi connectivity index (χ0v) is 10.2. The Morgan fingerprint density at radius 2 is 2.06 bits per heavy atom. The maximum Gasteiger partial charge on any atom is 0.413 e. The average molecular weight is 229 g/mol. The Morgan fingerprint density at radius 1 is 1.44 bits per heavy atom. The predicted octanol–water partition coefficient (Wildman–Crippen LogP) is 1.76. The number of amides is 1. The van der Waals surface area contributed by atoms with Crippen LogP contribution in [0, 0.1) is 5.92 Å². The van der Waals surface area contributed by atoms with E-state index in [-0.39, 0.29) is 0 Å². The van der Waals surface area contributed by atoms with Gasteiger partial charge in [-0.3, -0.25) is 9.69 Å². The summed E-state index contributed by atoms with van der Waals surface area (Å²) in [4.78, 5) is 23.6. The van der Waals surface area contributed by atoms with Crippen LogP contribution in [0.25, 0.3) is 0 Å². The smallest absolute Gasteiger partial charge is 0.413 e. The first-order valence-electron chi connectivity index (χ1n) is 5.42. The van der Waals surface area contributed by atoms with Crippen molar-refractivity contribution in [2.24, 2.45) is 5.92 Å². The van der Waals surface area contributed by atoms with E-state index in [9.17, 15) is 9.59 Å². The maximum atomic E-state index is 11.8. The molecule has 1 aliphatic heterocycles. The van der Waals surface area contributed by atoms with Crippen LogP contribution in [0.1, 0.15) is 34.1 Å². The van der Waals surface area contributed by atoms with Crippen molar-refractivity contribution in [1.29, 1.82) is 0 Å². The topological polar surface area (TPSA) is 55.8 Å². The molecule has 1 amide bonds. The van der Waals surface area contributed by atoms with Crippen molar-refractivity contribution in [3.05, 3.63) is 0 Å². The fraction of sp³-hybridized carbons (Fsp3) is 0.818. The second-order valence-electron chi connectivity index (χ2n) is 5.16. The number of hydrogen-bond donors (Lipinski definition) is 0. The molecule has 0 aliphatic carbocycles. The highest BCUT2D eigenvalue weighted by atomic mass is 16.6. The Morgan fingerprint density at radius 3 is 2.56 bits per heavy atom. The molecule has 0 aromatic rings. The van der Waals surface area contributed by atoms with Crippen LogP contribution in [0.2, 0.25) is 0 Å². The van der Waals surface area contributed by atoms with Gasteiger partial charge in [-0.25, -0.2) is 4.79 Å². The third-order valence-electron chi connectivity index (χ3n) is 2.30. The van der Waals surface area contributed by atoms with E-state index in [1.807, 2.05) is 6.92 Å². The molecule has 5 heteroatoms. The summed E-state index contributed by atoms with van der Waals surface area (Å²) in [5.74, 6) is 0.317. The first-order chi connectivity index (χ1) is 7.33. The number of carbonyl (C=O) groups is 2. The van der Waals surface area contributed by atoms with E-state index in [0.29, 0.717) is 25.4 Å². The van der Waals surface area contributed by atoms with Gasteiger partial charge >= 0.3 is 6.09 Å². The molecule has 0 unspecified atom stereocenters. The van der Waals surface area contributed by atoms with E-state index >= 15 is 0 Å². The lowest BCUT2D eigenvalue weighted by Crippen LogP contribution is -2.41. The number of hydrogen-bond acceptors (Lipinski definition) is 4. The third kappa shape index (κ3) is 3.40. The van der Waals surface area contributed by atoms with Crippen LogP contribution < -0.4 is 0 Å². The van der Waals surface area contributed by atoms with Crippen LogP contribution in [-0.2, 0) is 14.3 Å². The van der Waals surface area contributed by atoms with Gasteiger partial charge in [0.15, 0.2) is 6.23 Å². The molecule has 0 radical (unpaired) electrons. The number of nitrogens with zero attached hydrogens (tertiary/aromatic N) is 1. The third-order valence-corrected chi connectivity index (χ3v) is 2.30. The first-order valence-corrected chi connectivity index (χ1v) is 5.42. The molecule has 0 saturated carbocycles. The summed E-state index contributed by atoms with van der Waals surface area (Å²) in [6.07, 6.45) is -0.246. The summed E-state index contributed by atoms with van der Waals surface area (Å²) in [5.41, 5.74) is -0.533. The standard InChI is InChI=1S/C11H19NO4/c1-8-5-9(15-7-13)12(6-8)10(14)16-11(2,3)4/h7-9H,5-6H2,1-4H3/t8-,9+/m0/s1. The van der Waals surface area contributed by atoms with E-state index in [1.54, 1.807) is 20.8 Å². The van der Waals surface area contributed by atoms with Crippen LogP contribution in [0.3, 0.4) is 0 Å². The molecule has 1 saturated heterocycles. The van der Waals surface area contributed by atoms with Gasteiger partial charge in [0, 0.05) is 13.0 Å². The Hall–Kier alpha value is -1.26. The fourth-order valence-electron chi connectivity index (χ4n) is 1.71. The quantitative estimate of drug-likeness (QED) is 0.677. The van der Waals surface area contributed by atoms with Crippen LogP contribution in [0.15, 0.2) is 0 Å². The number of rotatable bonds is 2. The van der Waals surface area contributed by atoms with Gasteiger partial charge in [-0.05, 0) is 26.7 Å². The van der Waals surface area contributed by atoms with E-state index in [2.05, 4.69) is 0 Å². The minimum atomic E-state index is -0.533. The normalized spacial score (nSPS) is 25.4. The molecule has 16 heavy (non-hydrogen) atoms. The molecule has 0 N–H and O–H groups in total. The van der Waals surface area contributed by atoms with Crippen molar-refractivity contribution in [3.8, 4) is 0 Å². The van der Waals surface area contributed by atoms with Gasteiger partial charge in [0.05, 0.1) is 0 Å². The molecule has 92 valence electrons. The monoisotopic (exact) mass is 229 g/mol. The molecule has 5 nitrogen and oxygen atoms in total. The van der Waals surface area contributed by atoms with Crippen LogP contribution in [0.4, 0.5) is 4.79 Å². The number of likely N-dealkylation sites (tertiary alicyclic amines) is 1. The molecule has 0 spiro atoms. The Labute approximate surface area is 95.7 Å².